The van der Waals surface area contributed by atoms with Crippen LogP contribution in [0.5, 0.6) is 0 Å². The van der Waals surface area contributed by atoms with Crippen molar-refractivity contribution >= 4 is 11.4 Å². The van der Waals surface area contributed by atoms with E-state index in [1.807, 2.05) is 31.2 Å². The number of aryl methyl sites for hydroxylation is 1. The largest absolute Gasteiger partial charge is 0.400 e. The van der Waals surface area contributed by atoms with Gasteiger partial charge in [0, 0.05) is 12.2 Å². The minimum atomic E-state index is -0.109. The van der Waals surface area contributed by atoms with Gasteiger partial charge in [-0.25, -0.2) is 0 Å². The molecule has 1 heterocycles. The van der Waals surface area contributed by atoms with Gasteiger partial charge in [-0.15, -0.1) is 0 Å². The fourth-order valence-electron chi connectivity index (χ4n) is 2.07. The van der Waals surface area contributed by atoms with Crippen LogP contribution in [-0.4, -0.2) is 30.5 Å². The van der Waals surface area contributed by atoms with E-state index in [1.165, 1.54) is 5.56 Å². The Hall–Kier alpha value is -1.65. The number of nitrogens with one attached hydrogen (secondary N) is 1. The summed E-state index contributed by atoms with van der Waals surface area (Å²) in [6.45, 7) is 3.51. The molecule has 1 aromatic rings. The molecule has 0 amide bonds. The molecule has 4 heteroatoms. The minimum absolute atomic E-state index is 0.109. The van der Waals surface area contributed by atoms with Crippen LogP contribution in [0.25, 0.3) is 0 Å². The van der Waals surface area contributed by atoms with Gasteiger partial charge in [0.2, 0.25) is 0 Å². The number of piperidine rings is 1. The molecule has 1 aliphatic heterocycles. The van der Waals surface area contributed by atoms with E-state index < -0.39 is 0 Å². The molecule has 2 rings (SSSR count). The summed E-state index contributed by atoms with van der Waals surface area (Å²) in [5.41, 5.74) is 10.4. The highest BCUT2D eigenvalue weighted by Gasteiger charge is 2.15. The third kappa shape index (κ3) is 2.97. The summed E-state index contributed by atoms with van der Waals surface area (Å²) in [5.74, 6) is 0. The molecule has 4 nitrogen and oxygen atoms in total. The van der Waals surface area contributed by atoms with E-state index in [-0.39, 0.29) is 6.61 Å². The Balaban J connectivity index is 2.35. The Bertz CT molecular complexity index is 492. The Morgan fingerprint density at radius 3 is 3.06 bits per heavy atom. The molecule has 0 unspecified atom stereocenters. The van der Waals surface area contributed by atoms with Crippen LogP contribution in [0.4, 0.5) is 5.69 Å². The number of nitrogens with zero attached hydrogens (tertiary/aromatic N) is 1. The fourth-order valence-corrected chi connectivity index (χ4v) is 2.07. The molecule has 18 heavy (non-hydrogen) atoms. The molecular formula is C14H19N3O. The second kappa shape index (κ2) is 5.80. The van der Waals surface area contributed by atoms with Crippen molar-refractivity contribution in [3.8, 4) is 0 Å². The van der Waals surface area contributed by atoms with Gasteiger partial charge in [0.15, 0.2) is 0 Å². The zero-order chi connectivity index (χ0) is 13.0. The Labute approximate surface area is 107 Å². The third-order valence-corrected chi connectivity index (χ3v) is 3.02. The number of aliphatic imine (C=N–C) groups is 1. The summed E-state index contributed by atoms with van der Waals surface area (Å²) in [7, 11) is 0. The summed E-state index contributed by atoms with van der Waals surface area (Å²) in [6.07, 6.45) is 0.817. The van der Waals surface area contributed by atoms with Crippen LogP contribution in [0.3, 0.4) is 0 Å². The van der Waals surface area contributed by atoms with Crippen LogP contribution in [0.1, 0.15) is 12.0 Å². The highest BCUT2D eigenvalue weighted by Crippen LogP contribution is 2.18. The second-order valence-corrected chi connectivity index (χ2v) is 4.49. The SMILES string of the molecule is Cc1cccc(N=C2CNCC/C2=C(/N)CO)c1. The van der Waals surface area contributed by atoms with Gasteiger partial charge >= 0.3 is 0 Å². The zero-order valence-corrected chi connectivity index (χ0v) is 10.6. The standard InChI is InChI=1S/C14H19N3O/c1-10-3-2-4-11(7-10)17-14-8-16-6-5-12(14)13(15)9-18/h2-4,7,16,18H,5-6,8-9,15H2,1H3/b13-12-,17-14?. The van der Waals surface area contributed by atoms with Crippen molar-refractivity contribution in [3.63, 3.8) is 0 Å². The number of nitrogens with two attached hydrogens (primary N) is 1. The molecule has 4 N–H and O–H groups in total. The van der Waals surface area contributed by atoms with E-state index in [9.17, 15) is 0 Å². The third-order valence-electron chi connectivity index (χ3n) is 3.02. The molecular weight excluding hydrogens is 226 g/mol. The van der Waals surface area contributed by atoms with Crippen LogP contribution >= 0.6 is 0 Å². The molecule has 0 atom stereocenters. The first kappa shape index (κ1) is 12.8. The first-order valence-electron chi connectivity index (χ1n) is 6.14. The average Bonchev–Trinajstić information content (AvgIpc) is 2.38. The van der Waals surface area contributed by atoms with E-state index in [2.05, 4.69) is 10.3 Å². The van der Waals surface area contributed by atoms with E-state index >= 15 is 0 Å². The number of aliphatic hydroxyl groups is 1. The number of aliphatic hydroxyl groups excluding tert-OH is 1. The molecule has 0 saturated carbocycles. The van der Waals surface area contributed by atoms with Gasteiger partial charge in [-0.3, -0.25) is 4.99 Å². The van der Waals surface area contributed by atoms with Crippen LogP contribution in [0, 0.1) is 6.92 Å². The molecule has 0 spiro atoms. The van der Waals surface area contributed by atoms with Gasteiger partial charge in [0.1, 0.15) is 0 Å². The maximum absolute atomic E-state index is 9.16. The normalized spacial score (nSPS) is 21.1. The van der Waals surface area contributed by atoms with Crippen LogP contribution in [0.2, 0.25) is 0 Å². The molecule has 1 saturated heterocycles. The van der Waals surface area contributed by atoms with Crippen molar-refractivity contribution < 1.29 is 5.11 Å². The maximum atomic E-state index is 9.16. The lowest BCUT2D eigenvalue weighted by Crippen LogP contribution is -2.34. The minimum Gasteiger partial charge on any atom is -0.400 e. The van der Waals surface area contributed by atoms with Crippen LogP contribution < -0.4 is 11.1 Å². The lowest BCUT2D eigenvalue weighted by molar-refractivity contribution is 0.328. The smallest absolute Gasteiger partial charge is 0.0828 e. The number of hydrogen-bond donors (Lipinski definition) is 3. The van der Waals surface area contributed by atoms with Crippen LogP contribution in [0.15, 0.2) is 40.5 Å². The zero-order valence-electron chi connectivity index (χ0n) is 10.6. The van der Waals surface area contributed by atoms with Gasteiger partial charge in [-0.2, -0.15) is 0 Å². The Morgan fingerprint density at radius 2 is 2.33 bits per heavy atom. The number of benzene rings is 1. The van der Waals surface area contributed by atoms with Gasteiger partial charge in [-0.1, -0.05) is 12.1 Å². The topological polar surface area (TPSA) is 70.6 Å². The van der Waals surface area contributed by atoms with E-state index in [0.717, 1.165) is 29.9 Å². The van der Waals surface area contributed by atoms with Crippen molar-refractivity contribution in [3.05, 3.63) is 41.1 Å². The summed E-state index contributed by atoms with van der Waals surface area (Å²) >= 11 is 0. The van der Waals surface area contributed by atoms with Gasteiger partial charge in [-0.05, 0) is 43.2 Å². The Kier molecular flexibility index (Phi) is 4.12. The van der Waals surface area contributed by atoms with E-state index in [4.69, 9.17) is 10.8 Å². The van der Waals surface area contributed by atoms with Gasteiger partial charge < -0.3 is 16.2 Å². The van der Waals surface area contributed by atoms with Crippen molar-refractivity contribution in [2.75, 3.05) is 19.7 Å². The predicted octanol–water partition coefficient (Wildman–Crippen LogP) is 1.27. The molecule has 96 valence electrons. The molecule has 1 fully saturated rings. The summed E-state index contributed by atoms with van der Waals surface area (Å²) in [4.78, 5) is 4.63. The second-order valence-electron chi connectivity index (χ2n) is 4.49. The van der Waals surface area contributed by atoms with Crippen molar-refractivity contribution in [2.45, 2.75) is 13.3 Å². The average molecular weight is 245 g/mol. The predicted molar refractivity (Wildman–Crippen MR) is 74.1 cm³/mol. The first-order chi connectivity index (χ1) is 8.70. The fraction of sp³-hybridized carbons (Fsp3) is 0.357. The van der Waals surface area contributed by atoms with Crippen molar-refractivity contribution in [2.24, 2.45) is 10.7 Å². The summed E-state index contributed by atoms with van der Waals surface area (Å²) in [6, 6.07) is 8.04. The monoisotopic (exact) mass is 245 g/mol. The van der Waals surface area contributed by atoms with Gasteiger partial charge in [0.05, 0.1) is 18.0 Å². The van der Waals surface area contributed by atoms with Crippen molar-refractivity contribution in [1.82, 2.24) is 5.32 Å². The quantitative estimate of drug-likeness (QED) is 0.734. The van der Waals surface area contributed by atoms with Crippen molar-refractivity contribution in [1.29, 1.82) is 0 Å². The van der Waals surface area contributed by atoms with E-state index in [1.54, 1.807) is 0 Å². The molecule has 0 radical (unpaired) electrons. The van der Waals surface area contributed by atoms with Gasteiger partial charge in [0.25, 0.3) is 0 Å². The lowest BCUT2D eigenvalue weighted by Gasteiger charge is -2.20. The summed E-state index contributed by atoms with van der Waals surface area (Å²) in [5, 5.41) is 12.4. The Morgan fingerprint density at radius 1 is 1.50 bits per heavy atom. The molecule has 0 aliphatic carbocycles. The summed E-state index contributed by atoms with van der Waals surface area (Å²) < 4.78 is 0. The highest BCUT2D eigenvalue weighted by molar-refractivity contribution is 6.04. The number of hydrogen-bond acceptors (Lipinski definition) is 4. The first-order valence-corrected chi connectivity index (χ1v) is 6.14. The highest BCUT2D eigenvalue weighted by atomic mass is 16.3. The molecule has 1 aliphatic rings. The maximum Gasteiger partial charge on any atom is 0.0828 e. The lowest BCUT2D eigenvalue weighted by atomic mass is 10.0. The molecule has 1 aromatic carbocycles. The molecule has 0 bridgehead atoms. The molecule has 0 aromatic heterocycles. The number of rotatable bonds is 2. The van der Waals surface area contributed by atoms with Crippen LogP contribution in [-0.2, 0) is 0 Å². The van der Waals surface area contributed by atoms with E-state index in [0.29, 0.717) is 12.2 Å².